The van der Waals surface area contributed by atoms with Gasteiger partial charge in [-0.05, 0) is 12.8 Å². The van der Waals surface area contributed by atoms with Gasteiger partial charge in [-0.1, -0.05) is 97.3 Å². The predicted octanol–water partition coefficient (Wildman–Crippen LogP) is 5.63. The molecule has 0 amide bonds. The molecule has 0 aromatic carbocycles. The van der Waals surface area contributed by atoms with Crippen LogP contribution in [0.25, 0.3) is 0 Å². The molecule has 0 aliphatic heterocycles. The van der Waals surface area contributed by atoms with Crippen LogP contribution in [-0.4, -0.2) is 54.9 Å². The maximum atomic E-state index is 9.84. The van der Waals surface area contributed by atoms with Gasteiger partial charge in [0.05, 0.1) is 27.2 Å². The van der Waals surface area contributed by atoms with Crippen molar-refractivity contribution in [3.05, 3.63) is 0 Å². The first-order valence-electron chi connectivity index (χ1n) is 12.2. The Labute approximate surface area is 177 Å². The lowest BCUT2D eigenvalue weighted by Crippen LogP contribution is -2.46. The lowest BCUT2D eigenvalue weighted by atomic mass is 10.0. The van der Waals surface area contributed by atoms with Crippen LogP contribution in [-0.2, 0) is 0 Å². The number of quaternary nitrogens is 1. The van der Waals surface area contributed by atoms with E-state index in [2.05, 4.69) is 27.9 Å². The van der Waals surface area contributed by atoms with Gasteiger partial charge in [0.25, 0.3) is 0 Å². The molecule has 0 aromatic heterocycles. The van der Waals surface area contributed by atoms with Gasteiger partial charge < -0.3 is 18.9 Å². The molecule has 0 saturated carbocycles. The van der Waals surface area contributed by atoms with E-state index in [0.717, 1.165) is 43.3 Å². The fraction of sp³-hybridized carbons (Fsp3) is 1.00. The maximum absolute atomic E-state index is 9.84. The van der Waals surface area contributed by atoms with Crippen LogP contribution in [0.5, 0.6) is 0 Å². The molecule has 0 heterocycles. The third-order valence-corrected chi connectivity index (χ3v) is 7.79. The number of nitrogens with zero attached hydrogens (tertiary/aromatic N) is 1. The molecule has 0 bridgehead atoms. The zero-order chi connectivity index (χ0) is 21.3. The standard InChI is InChI=1S/C23H52NO3Si/c1-5-7-8-9-10-11-12-13-14-15-16-17-18-19-23(28(25,26)27)20-22-24(3,4)21-6-2/h23,25-27H,5-22H2,1-4H3/q+1. The quantitative estimate of drug-likeness (QED) is 0.136. The molecule has 28 heavy (non-hydrogen) atoms. The van der Waals surface area contributed by atoms with Crippen LogP contribution in [0.4, 0.5) is 0 Å². The van der Waals surface area contributed by atoms with E-state index in [1.54, 1.807) is 0 Å². The second-order valence-electron chi connectivity index (χ2n) is 9.59. The van der Waals surface area contributed by atoms with Gasteiger partial charge in [0.15, 0.2) is 0 Å². The van der Waals surface area contributed by atoms with E-state index < -0.39 is 8.80 Å². The lowest BCUT2D eigenvalue weighted by molar-refractivity contribution is -0.890. The minimum Gasteiger partial charge on any atom is -0.390 e. The second-order valence-corrected chi connectivity index (χ2v) is 11.8. The number of hydrogen-bond acceptors (Lipinski definition) is 3. The van der Waals surface area contributed by atoms with Gasteiger partial charge in [-0.15, -0.1) is 0 Å². The summed E-state index contributed by atoms with van der Waals surface area (Å²) >= 11 is 0. The van der Waals surface area contributed by atoms with Crippen molar-refractivity contribution in [2.45, 2.75) is 122 Å². The molecule has 0 radical (unpaired) electrons. The van der Waals surface area contributed by atoms with Crippen molar-refractivity contribution in [2.24, 2.45) is 0 Å². The maximum Gasteiger partial charge on any atom is 0.496 e. The minimum atomic E-state index is -4.02. The summed E-state index contributed by atoms with van der Waals surface area (Å²) in [7, 11) is 0.341. The molecule has 0 spiro atoms. The fourth-order valence-electron chi connectivity index (χ4n) is 4.16. The smallest absolute Gasteiger partial charge is 0.390 e. The molecule has 1 atom stereocenters. The molecule has 1 unspecified atom stereocenters. The zero-order valence-corrected chi connectivity index (χ0v) is 20.6. The Bertz CT molecular complexity index is 345. The number of unbranched alkanes of at least 4 members (excludes halogenated alkanes) is 12. The van der Waals surface area contributed by atoms with Crippen LogP contribution in [0.15, 0.2) is 0 Å². The Kier molecular flexibility index (Phi) is 16.8. The highest BCUT2D eigenvalue weighted by Gasteiger charge is 2.39. The first-order valence-corrected chi connectivity index (χ1v) is 14.1. The van der Waals surface area contributed by atoms with Crippen LogP contribution >= 0.6 is 0 Å². The van der Waals surface area contributed by atoms with Crippen molar-refractivity contribution in [3.63, 3.8) is 0 Å². The average Bonchev–Trinajstić information content (AvgIpc) is 2.60. The van der Waals surface area contributed by atoms with Crippen LogP contribution in [0.1, 0.15) is 117 Å². The van der Waals surface area contributed by atoms with Crippen LogP contribution < -0.4 is 0 Å². The van der Waals surface area contributed by atoms with Crippen LogP contribution in [0.3, 0.4) is 0 Å². The Morgan fingerprint density at radius 1 is 0.571 bits per heavy atom. The molecule has 0 aliphatic carbocycles. The summed E-state index contributed by atoms with van der Waals surface area (Å²) in [6.45, 7) is 6.42. The molecule has 5 heteroatoms. The highest BCUT2D eigenvalue weighted by Crippen LogP contribution is 2.27. The van der Waals surface area contributed by atoms with Crippen molar-refractivity contribution in [1.29, 1.82) is 0 Å². The first kappa shape index (κ1) is 28.1. The first-order chi connectivity index (χ1) is 13.2. The Hall–Kier alpha value is 0.0569. The molecule has 0 fully saturated rings. The monoisotopic (exact) mass is 418 g/mol. The van der Waals surface area contributed by atoms with E-state index >= 15 is 0 Å². The summed E-state index contributed by atoms with van der Waals surface area (Å²) in [6, 6.07) is 0. The highest BCUT2D eigenvalue weighted by atomic mass is 28.4. The molecule has 0 aliphatic rings. The highest BCUT2D eigenvalue weighted by molar-refractivity contribution is 6.57. The van der Waals surface area contributed by atoms with Crippen molar-refractivity contribution in [1.82, 2.24) is 0 Å². The molecule has 0 aromatic rings. The van der Waals surface area contributed by atoms with E-state index in [-0.39, 0.29) is 5.54 Å². The Morgan fingerprint density at radius 2 is 1.00 bits per heavy atom. The fourth-order valence-corrected chi connectivity index (χ4v) is 5.27. The molecule has 0 rings (SSSR count). The SMILES string of the molecule is CCCCCCCCCCCCCCCC(CC[N+](C)(C)CCC)[Si](O)(O)O. The molecule has 170 valence electrons. The third-order valence-electron chi connectivity index (χ3n) is 6.12. The molecule has 0 saturated heterocycles. The van der Waals surface area contributed by atoms with Gasteiger partial charge >= 0.3 is 8.80 Å². The van der Waals surface area contributed by atoms with Crippen molar-refractivity contribution < 1.29 is 18.9 Å². The minimum absolute atomic E-state index is 0.311. The molecular formula is C23H52NO3Si+. The number of hydrogen-bond donors (Lipinski definition) is 3. The summed E-state index contributed by atoms with van der Waals surface area (Å²) < 4.78 is 0.885. The summed E-state index contributed by atoms with van der Waals surface area (Å²) in [6.07, 6.45) is 19.7. The van der Waals surface area contributed by atoms with E-state index in [1.807, 2.05) is 0 Å². The van der Waals surface area contributed by atoms with Crippen molar-refractivity contribution in [2.75, 3.05) is 27.2 Å². The van der Waals surface area contributed by atoms with E-state index in [1.165, 1.54) is 70.6 Å². The molecule has 4 nitrogen and oxygen atoms in total. The zero-order valence-electron chi connectivity index (χ0n) is 19.6. The van der Waals surface area contributed by atoms with Crippen molar-refractivity contribution >= 4 is 8.80 Å². The summed E-state index contributed by atoms with van der Waals surface area (Å²) in [5.74, 6) is 0. The summed E-state index contributed by atoms with van der Waals surface area (Å²) in [5.41, 5.74) is -0.311. The van der Waals surface area contributed by atoms with Crippen LogP contribution in [0, 0.1) is 0 Å². The van der Waals surface area contributed by atoms with Gasteiger partial charge in [0.2, 0.25) is 0 Å². The summed E-state index contributed by atoms with van der Waals surface area (Å²) in [4.78, 5) is 29.5. The van der Waals surface area contributed by atoms with Gasteiger partial charge in [0.1, 0.15) is 0 Å². The Morgan fingerprint density at radius 3 is 1.39 bits per heavy atom. The van der Waals surface area contributed by atoms with E-state index in [9.17, 15) is 14.4 Å². The average molecular weight is 419 g/mol. The normalized spacial score (nSPS) is 13.8. The predicted molar refractivity (Wildman–Crippen MR) is 123 cm³/mol. The second kappa shape index (κ2) is 16.8. The van der Waals surface area contributed by atoms with Gasteiger partial charge in [-0.2, -0.15) is 0 Å². The lowest BCUT2D eigenvalue weighted by Gasteiger charge is -2.32. The van der Waals surface area contributed by atoms with Gasteiger partial charge in [0, 0.05) is 12.0 Å². The van der Waals surface area contributed by atoms with Gasteiger partial charge in [-0.25, -0.2) is 0 Å². The largest absolute Gasteiger partial charge is 0.496 e. The topological polar surface area (TPSA) is 60.7 Å². The van der Waals surface area contributed by atoms with Crippen molar-refractivity contribution in [3.8, 4) is 0 Å². The van der Waals surface area contributed by atoms with Crippen LogP contribution in [0.2, 0.25) is 5.54 Å². The van der Waals surface area contributed by atoms with E-state index in [4.69, 9.17) is 0 Å². The molecule has 3 N–H and O–H groups in total. The number of rotatable bonds is 20. The van der Waals surface area contributed by atoms with E-state index in [0.29, 0.717) is 6.42 Å². The molecular weight excluding hydrogens is 366 g/mol. The summed E-state index contributed by atoms with van der Waals surface area (Å²) in [5, 5.41) is 0. The Balaban J connectivity index is 3.73. The van der Waals surface area contributed by atoms with Gasteiger partial charge in [-0.3, -0.25) is 0 Å². The third kappa shape index (κ3) is 17.0.